The van der Waals surface area contributed by atoms with E-state index in [0.717, 1.165) is 12.8 Å². The van der Waals surface area contributed by atoms with Gasteiger partial charge in [0.05, 0.1) is 5.94 Å². The lowest BCUT2D eigenvalue weighted by Gasteiger charge is -2.24. The zero-order valence-electron chi connectivity index (χ0n) is 16.1. The van der Waals surface area contributed by atoms with Gasteiger partial charge in [-0.1, -0.05) is 19.3 Å². The normalized spacial score (nSPS) is 15.3. The van der Waals surface area contributed by atoms with Crippen molar-refractivity contribution in [3.8, 4) is 0 Å². The zero-order valence-corrected chi connectivity index (χ0v) is 16.1. The van der Waals surface area contributed by atoms with Crippen LogP contribution in [-0.2, 0) is 9.59 Å². The van der Waals surface area contributed by atoms with E-state index in [4.69, 9.17) is 5.41 Å². The molecule has 28 heavy (non-hydrogen) atoms. The highest BCUT2D eigenvalue weighted by atomic mass is 16.7. The molecule has 158 valence electrons. The third-order valence-electron chi connectivity index (χ3n) is 4.17. The van der Waals surface area contributed by atoms with Gasteiger partial charge in [-0.05, 0) is 38.0 Å². The molecule has 1 aliphatic carbocycles. The number of hydrogen-bond donors (Lipinski definition) is 7. The average Bonchev–Trinajstić information content (AvgIpc) is 3.40. The molecule has 12 nitrogen and oxygen atoms in total. The van der Waals surface area contributed by atoms with Crippen molar-refractivity contribution in [2.45, 2.75) is 57.9 Å². The number of amides is 2. The number of nitrogens with zero attached hydrogens (tertiary/aromatic N) is 1. The predicted molar refractivity (Wildman–Crippen MR) is 101 cm³/mol. The summed E-state index contributed by atoms with van der Waals surface area (Å²) in [5.41, 5.74) is 1.66. The van der Waals surface area contributed by atoms with Crippen LogP contribution in [0.2, 0.25) is 0 Å². The van der Waals surface area contributed by atoms with Crippen molar-refractivity contribution in [2.75, 3.05) is 6.54 Å². The number of nitro groups is 1. The van der Waals surface area contributed by atoms with Crippen LogP contribution < -0.4 is 21.4 Å². The Labute approximate surface area is 163 Å². The number of guanidine groups is 1. The van der Waals surface area contributed by atoms with Crippen molar-refractivity contribution in [1.82, 2.24) is 21.4 Å². The van der Waals surface area contributed by atoms with E-state index in [9.17, 15) is 29.8 Å². The summed E-state index contributed by atoms with van der Waals surface area (Å²) in [5, 5.41) is 43.4. The fourth-order valence-corrected chi connectivity index (χ4v) is 2.60. The molecule has 1 rings (SSSR count). The van der Waals surface area contributed by atoms with Gasteiger partial charge in [0.1, 0.15) is 6.04 Å². The first kappa shape index (κ1) is 23.6. The summed E-state index contributed by atoms with van der Waals surface area (Å²) in [6.45, 7) is 3.95. The summed E-state index contributed by atoms with van der Waals surface area (Å²) >= 11 is 0. The van der Waals surface area contributed by atoms with Gasteiger partial charge in [0.25, 0.3) is 5.96 Å². The molecule has 7 N–H and O–H groups in total. The molecule has 0 radical (unpaired) electrons. The molecule has 13 heteroatoms. The quantitative estimate of drug-likeness (QED) is 0.0515. The summed E-state index contributed by atoms with van der Waals surface area (Å²) in [7, 11) is -1.72. The van der Waals surface area contributed by atoms with Gasteiger partial charge in [0.15, 0.2) is 5.03 Å². The smallest absolute Gasteiger partial charge is 0.426 e. The molecule has 1 fully saturated rings. The van der Waals surface area contributed by atoms with Gasteiger partial charge in [0, 0.05) is 12.5 Å². The van der Waals surface area contributed by atoms with Crippen LogP contribution in [0.25, 0.3) is 0 Å². The van der Waals surface area contributed by atoms with Gasteiger partial charge >= 0.3 is 7.12 Å². The third-order valence-corrected chi connectivity index (χ3v) is 4.17. The molecule has 0 aromatic rings. The minimum Gasteiger partial charge on any atom is -0.426 e. The largest absolute Gasteiger partial charge is 0.475 e. The highest BCUT2D eigenvalue weighted by Gasteiger charge is 2.34. The minimum absolute atomic E-state index is 0.0965. The van der Waals surface area contributed by atoms with E-state index in [-0.39, 0.29) is 30.7 Å². The molecule has 0 heterocycles. The number of carbonyl (C=O) groups excluding carboxylic acids is 2. The summed E-state index contributed by atoms with van der Waals surface area (Å²) < 4.78 is 0. The van der Waals surface area contributed by atoms with Crippen molar-refractivity contribution in [2.24, 2.45) is 11.8 Å². The van der Waals surface area contributed by atoms with Crippen LogP contribution in [-0.4, -0.2) is 58.5 Å². The van der Waals surface area contributed by atoms with Crippen molar-refractivity contribution < 1.29 is 24.7 Å². The molecule has 0 aromatic carbocycles. The molecule has 0 bridgehead atoms. The maximum absolute atomic E-state index is 12.6. The fourth-order valence-electron chi connectivity index (χ4n) is 2.60. The van der Waals surface area contributed by atoms with Crippen LogP contribution in [0, 0.1) is 27.4 Å². The highest BCUT2D eigenvalue weighted by molar-refractivity contribution is 6.43. The first-order chi connectivity index (χ1) is 13.1. The fraction of sp³-hybridized carbons (Fsp3) is 0.800. The van der Waals surface area contributed by atoms with Crippen LogP contribution in [0.15, 0.2) is 0 Å². The SMILES string of the molecule is CC(C)C[C@H](NC(=O)[C@H](CCCNC(=N)N[N+](=O)[O-])NC(=O)C1CC1)B(O)O. The Morgan fingerprint density at radius 2 is 1.93 bits per heavy atom. The Morgan fingerprint density at radius 3 is 2.43 bits per heavy atom. The topological polar surface area (TPSA) is 190 Å². The summed E-state index contributed by atoms with van der Waals surface area (Å²) in [5.74, 6) is -2.05. The van der Waals surface area contributed by atoms with E-state index in [1.165, 1.54) is 0 Å². The van der Waals surface area contributed by atoms with E-state index in [1.807, 2.05) is 13.8 Å². The minimum atomic E-state index is -1.72. The number of rotatable bonds is 12. The second-order valence-electron chi connectivity index (χ2n) is 7.31. The Kier molecular flexibility index (Phi) is 9.66. The summed E-state index contributed by atoms with van der Waals surface area (Å²) in [6.07, 6.45) is 2.48. The predicted octanol–water partition coefficient (Wildman–Crippen LogP) is -1.49. The molecule has 0 unspecified atom stereocenters. The molecule has 0 aliphatic heterocycles. The Morgan fingerprint density at radius 1 is 1.29 bits per heavy atom. The maximum atomic E-state index is 12.6. The van der Waals surface area contributed by atoms with Crippen molar-refractivity contribution in [3.05, 3.63) is 10.1 Å². The molecule has 2 amide bonds. The van der Waals surface area contributed by atoms with Crippen molar-refractivity contribution in [3.63, 3.8) is 0 Å². The highest BCUT2D eigenvalue weighted by Crippen LogP contribution is 2.29. The van der Waals surface area contributed by atoms with Crippen LogP contribution in [0.4, 0.5) is 0 Å². The van der Waals surface area contributed by atoms with E-state index in [0.29, 0.717) is 12.8 Å². The second-order valence-corrected chi connectivity index (χ2v) is 7.31. The number of nitrogens with one attached hydrogen (secondary N) is 5. The van der Waals surface area contributed by atoms with Crippen LogP contribution in [0.3, 0.4) is 0 Å². The lowest BCUT2D eigenvalue weighted by atomic mass is 9.75. The molecular formula is C15H29BN6O6. The summed E-state index contributed by atoms with van der Waals surface area (Å²) in [6, 6.07) is -0.874. The van der Waals surface area contributed by atoms with Crippen LogP contribution in [0.5, 0.6) is 0 Å². The van der Waals surface area contributed by atoms with E-state index >= 15 is 0 Å². The molecule has 2 atom stereocenters. The summed E-state index contributed by atoms with van der Waals surface area (Å²) in [4.78, 5) is 34.9. The molecule has 0 aromatic heterocycles. The Bertz CT molecular complexity index is 571. The lowest BCUT2D eigenvalue weighted by Crippen LogP contribution is -2.54. The number of hydrogen-bond acceptors (Lipinski definition) is 7. The third kappa shape index (κ3) is 9.51. The standard InChI is InChI=1S/C15H29BN6O6/c1-9(2)8-12(16(25)26)20-14(24)11(19-13(23)10-5-6-10)4-3-7-18-15(17)21-22(27)28/h9-12,25-26H,3-8H2,1-2H3,(H,19,23)(H,20,24)(H3,17,18,21)/t11-,12-/m0/s1. The second kappa shape index (κ2) is 11.4. The molecule has 1 aliphatic rings. The first-order valence-electron chi connectivity index (χ1n) is 9.30. The van der Waals surface area contributed by atoms with E-state index in [2.05, 4.69) is 16.0 Å². The monoisotopic (exact) mass is 400 g/mol. The molecular weight excluding hydrogens is 371 g/mol. The van der Waals surface area contributed by atoms with Crippen molar-refractivity contribution >= 4 is 24.9 Å². The van der Waals surface area contributed by atoms with Crippen LogP contribution >= 0.6 is 0 Å². The zero-order chi connectivity index (χ0) is 21.3. The number of hydrazine groups is 1. The molecule has 0 saturated heterocycles. The van der Waals surface area contributed by atoms with Gasteiger partial charge in [-0.2, -0.15) is 0 Å². The van der Waals surface area contributed by atoms with Crippen LogP contribution in [0.1, 0.15) is 46.0 Å². The average molecular weight is 400 g/mol. The van der Waals surface area contributed by atoms with Gasteiger partial charge in [0.2, 0.25) is 11.8 Å². The first-order valence-corrected chi connectivity index (χ1v) is 9.30. The van der Waals surface area contributed by atoms with E-state index < -0.39 is 36.0 Å². The lowest BCUT2D eigenvalue weighted by molar-refractivity contribution is -0.525. The number of carbonyl (C=O) groups is 2. The van der Waals surface area contributed by atoms with Gasteiger partial charge < -0.3 is 26.0 Å². The van der Waals surface area contributed by atoms with Gasteiger partial charge in [-0.15, -0.1) is 0 Å². The van der Waals surface area contributed by atoms with Gasteiger partial charge in [-0.3, -0.25) is 15.0 Å². The van der Waals surface area contributed by atoms with E-state index in [1.54, 1.807) is 5.43 Å². The Balaban J connectivity index is 2.59. The molecule has 0 spiro atoms. The molecule has 1 saturated carbocycles. The maximum Gasteiger partial charge on any atom is 0.475 e. The Hall–Kier alpha value is -2.41. The van der Waals surface area contributed by atoms with Crippen molar-refractivity contribution in [1.29, 1.82) is 5.41 Å². The van der Waals surface area contributed by atoms with Gasteiger partial charge in [-0.25, -0.2) is 10.1 Å².